The molecule has 0 saturated heterocycles. The van der Waals surface area contributed by atoms with Gasteiger partial charge in [0.05, 0.1) is 0 Å². The van der Waals surface area contributed by atoms with E-state index in [0.29, 0.717) is 12.1 Å². The van der Waals surface area contributed by atoms with E-state index in [9.17, 15) is 0 Å². The maximum Gasteiger partial charge on any atom is 0.00411 e. The fraction of sp³-hybridized carbons (Fsp3) is 1.00. The molecule has 0 amide bonds. The molecule has 0 saturated carbocycles. The second kappa shape index (κ2) is 9.34. The summed E-state index contributed by atoms with van der Waals surface area (Å²) in [6, 6.07) is 1.39. The van der Waals surface area contributed by atoms with Crippen LogP contribution in [0.5, 0.6) is 0 Å². The number of nitrogens with one attached hydrogen (secondary N) is 1. The van der Waals surface area contributed by atoms with Gasteiger partial charge in [0.15, 0.2) is 0 Å². The van der Waals surface area contributed by atoms with Crippen LogP contribution in [0.15, 0.2) is 0 Å². The lowest BCUT2D eigenvalue weighted by atomic mass is 10.1. The van der Waals surface area contributed by atoms with Crippen LogP contribution < -0.4 is 5.32 Å². The predicted octanol–water partition coefficient (Wildman–Crippen LogP) is 3.38. The van der Waals surface area contributed by atoms with Gasteiger partial charge in [-0.15, -0.1) is 12.4 Å². The smallest absolute Gasteiger partial charge is 0.00411 e. The van der Waals surface area contributed by atoms with Crippen LogP contribution >= 0.6 is 12.4 Å². The third-order valence-corrected chi connectivity index (χ3v) is 2.01. The Bertz CT molecular complexity index is 75.9. The lowest BCUT2D eigenvalue weighted by Gasteiger charge is -2.18. The van der Waals surface area contributed by atoms with Gasteiger partial charge >= 0.3 is 0 Å². The van der Waals surface area contributed by atoms with Crippen LogP contribution in [0.3, 0.4) is 0 Å². The highest BCUT2D eigenvalue weighted by atomic mass is 35.5. The SMILES string of the molecule is CCCC(C)NC(C)CCC.Cl. The van der Waals surface area contributed by atoms with Crippen LogP contribution in [0.2, 0.25) is 0 Å². The van der Waals surface area contributed by atoms with Crippen molar-refractivity contribution in [3.63, 3.8) is 0 Å². The molecule has 0 aliphatic carbocycles. The summed E-state index contributed by atoms with van der Waals surface area (Å²) in [5.41, 5.74) is 0. The molecule has 0 aromatic carbocycles. The molecule has 0 fully saturated rings. The Morgan fingerprint density at radius 1 is 0.917 bits per heavy atom. The van der Waals surface area contributed by atoms with Gasteiger partial charge in [-0.05, 0) is 26.7 Å². The van der Waals surface area contributed by atoms with Gasteiger partial charge < -0.3 is 5.32 Å². The molecule has 0 spiro atoms. The van der Waals surface area contributed by atoms with E-state index in [1.54, 1.807) is 0 Å². The zero-order valence-corrected chi connectivity index (χ0v) is 9.71. The number of rotatable bonds is 6. The molecule has 0 radical (unpaired) electrons. The van der Waals surface area contributed by atoms with Crippen LogP contribution in [-0.4, -0.2) is 12.1 Å². The van der Waals surface area contributed by atoms with Crippen molar-refractivity contribution < 1.29 is 0 Å². The summed E-state index contributed by atoms with van der Waals surface area (Å²) in [6.45, 7) is 9.02. The molecule has 0 aliphatic rings. The fourth-order valence-corrected chi connectivity index (χ4v) is 1.52. The van der Waals surface area contributed by atoms with Gasteiger partial charge in [0.25, 0.3) is 0 Å². The number of hydrogen-bond donors (Lipinski definition) is 1. The molecule has 0 bridgehead atoms. The van der Waals surface area contributed by atoms with Crippen molar-refractivity contribution in [2.24, 2.45) is 0 Å². The topological polar surface area (TPSA) is 12.0 Å². The maximum atomic E-state index is 3.58. The van der Waals surface area contributed by atoms with Crippen LogP contribution in [0.25, 0.3) is 0 Å². The van der Waals surface area contributed by atoms with Crippen LogP contribution in [0.4, 0.5) is 0 Å². The van der Waals surface area contributed by atoms with E-state index in [2.05, 4.69) is 33.0 Å². The molecular weight excluding hydrogens is 170 g/mol. The third kappa shape index (κ3) is 8.35. The first kappa shape index (κ1) is 14.8. The van der Waals surface area contributed by atoms with Crippen molar-refractivity contribution in [3.8, 4) is 0 Å². The average Bonchev–Trinajstić information content (AvgIpc) is 1.87. The number of halogens is 1. The first-order valence-electron chi connectivity index (χ1n) is 4.96. The lowest BCUT2D eigenvalue weighted by Crippen LogP contribution is -2.34. The van der Waals surface area contributed by atoms with Crippen molar-refractivity contribution in [1.82, 2.24) is 5.32 Å². The van der Waals surface area contributed by atoms with Crippen LogP contribution in [-0.2, 0) is 0 Å². The van der Waals surface area contributed by atoms with Crippen molar-refractivity contribution in [2.75, 3.05) is 0 Å². The molecule has 1 nitrogen and oxygen atoms in total. The van der Waals surface area contributed by atoms with Crippen molar-refractivity contribution in [1.29, 1.82) is 0 Å². The summed E-state index contributed by atoms with van der Waals surface area (Å²) in [4.78, 5) is 0. The molecular formula is C10H24ClN. The summed E-state index contributed by atoms with van der Waals surface area (Å²) >= 11 is 0. The van der Waals surface area contributed by atoms with E-state index >= 15 is 0 Å². The molecule has 0 rings (SSSR count). The molecule has 76 valence electrons. The summed E-state index contributed by atoms with van der Waals surface area (Å²) in [6.07, 6.45) is 5.17. The molecule has 2 heteroatoms. The predicted molar refractivity (Wildman–Crippen MR) is 59.1 cm³/mol. The summed E-state index contributed by atoms with van der Waals surface area (Å²) in [5, 5.41) is 3.58. The molecule has 2 unspecified atom stereocenters. The highest BCUT2D eigenvalue weighted by Gasteiger charge is 2.04. The summed E-state index contributed by atoms with van der Waals surface area (Å²) in [5.74, 6) is 0. The quantitative estimate of drug-likeness (QED) is 0.682. The fourth-order valence-electron chi connectivity index (χ4n) is 1.52. The minimum Gasteiger partial charge on any atom is -0.312 e. The first-order valence-corrected chi connectivity index (χ1v) is 4.96. The first-order chi connectivity index (χ1) is 5.20. The molecule has 12 heavy (non-hydrogen) atoms. The molecule has 0 aliphatic heterocycles. The Morgan fingerprint density at radius 3 is 1.50 bits per heavy atom. The van der Waals surface area contributed by atoms with Crippen LogP contribution in [0, 0.1) is 0 Å². The summed E-state index contributed by atoms with van der Waals surface area (Å²) in [7, 11) is 0. The van der Waals surface area contributed by atoms with Gasteiger partial charge in [-0.25, -0.2) is 0 Å². The second-order valence-corrected chi connectivity index (χ2v) is 3.55. The standard InChI is InChI=1S/C10H23N.ClH/c1-5-7-9(3)11-10(4)8-6-2;/h9-11H,5-8H2,1-4H3;1H. The van der Waals surface area contributed by atoms with E-state index in [-0.39, 0.29) is 12.4 Å². The molecule has 0 aromatic rings. The van der Waals surface area contributed by atoms with Gasteiger partial charge in [0.1, 0.15) is 0 Å². The molecule has 1 N–H and O–H groups in total. The van der Waals surface area contributed by atoms with Crippen molar-refractivity contribution in [2.45, 2.75) is 65.5 Å². The van der Waals surface area contributed by atoms with Gasteiger partial charge in [-0.1, -0.05) is 26.7 Å². The van der Waals surface area contributed by atoms with Gasteiger partial charge in [-0.2, -0.15) is 0 Å². The Balaban J connectivity index is 0. The van der Waals surface area contributed by atoms with Crippen LogP contribution in [0.1, 0.15) is 53.4 Å². The Morgan fingerprint density at radius 2 is 1.25 bits per heavy atom. The Kier molecular flexibility index (Phi) is 11.5. The van der Waals surface area contributed by atoms with Gasteiger partial charge in [-0.3, -0.25) is 0 Å². The second-order valence-electron chi connectivity index (χ2n) is 3.55. The molecule has 0 aromatic heterocycles. The zero-order chi connectivity index (χ0) is 8.69. The monoisotopic (exact) mass is 193 g/mol. The Labute approximate surface area is 83.7 Å². The normalized spacial score (nSPS) is 15.0. The highest BCUT2D eigenvalue weighted by molar-refractivity contribution is 5.85. The van der Waals surface area contributed by atoms with Gasteiger partial charge in [0, 0.05) is 12.1 Å². The average molecular weight is 194 g/mol. The third-order valence-electron chi connectivity index (χ3n) is 2.01. The highest BCUT2D eigenvalue weighted by Crippen LogP contribution is 2.00. The van der Waals surface area contributed by atoms with Gasteiger partial charge in [0.2, 0.25) is 0 Å². The minimum atomic E-state index is 0. The van der Waals surface area contributed by atoms with E-state index in [1.807, 2.05) is 0 Å². The van der Waals surface area contributed by atoms with E-state index in [1.165, 1.54) is 25.7 Å². The van der Waals surface area contributed by atoms with Crippen molar-refractivity contribution >= 4 is 12.4 Å². The molecule has 0 heterocycles. The summed E-state index contributed by atoms with van der Waals surface area (Å²) < 4.78 is 0. The number of hydrogen-bond acceptors (Lipinski definition) is 1. The zero-order valence-electron chi connectivity index (χ0n) is 8.89. The maximum absolute atomic E-state index is 3.58. The van der Waals surface area contributed by atoms with E-state index < -0.39 is 0 Å². The van der Waals surface area contributed by atoms with Crippen molar-refractivity contribution in [3.05, 3.63) is 0 Å². The van der Waals surface area contributed by atoms with E-state index in [4.69, 9.17) is 0 Å². The largest absolute Gasteiger partial charge is 0.312 e. The van der Waals surface area contributed by atoms with E-state index in [0.717, 1.165) is 0 Å². The lowest BCUT2D eigenvalue weighted by molar-refractivity contribution is 0.423. The minimum absolute atomic E-state index is 0. The Hall–Kier alpha value is 0.250. The molecule has 2 atom stereocenters.